The van der Waals surface area contributed by atoms with Gasteiger partial charge in [-0.1, -0.05) is 0 Å². The molecular formula is C16H22N6O. The van der Waals surface area contributed by atoms with Crippen LogP contribution < -0.4 is 14.5 Å². The Morgan fingerprint density at radius 3 is 2.78 bits per heavy atom. The summed E-state index contributed by atoms with van der Waals surface area (Å²) >= 11 is 0. The first-order chi connectivity index (χ1) is 11.2. The lowest BCUT2D eigenvalue weighted by Gasteiger charge is -2.37. The molecule has 122 valence electrons. The van der Waals surface area contributed by atoms with Gasteiger partial charge in [0.25, 0.3) is 0 Å². The summed E-state index contributed by atoms with van der Waals surface area (Å²) in [5.41, 5.74) is 1.07. The molecule has 1 aliphatic heterocycles. The number of piperidine rings is 1. The van der Waals surface area contributed by atoms with E-state index in [0.29, 0.717) is 17.9 Å². The molecule has 3 heterocycles. The lowest BCUT2D eigenvalue weighted by Crippen LogP contribution is -2.47. The Morgan fingerprint density at radius 2 is 2.04 bits per heavy atom. The summed E-state index contributed by atoms with van der Waals surface area (Å²) in [5, 5.41) is 0. The highest BCUT2D eigenvalue weighted by Crippen LogP contribution is 2.22. The van der Waals surface area contributed by atoms with Crippen LogP contribution in [0.5, 0.6) is 5.88 Å². The summed E-state index contributed by atoms with van der Waals surface area (Å²) in [5.74, 6) is 2.06. The maximum absolute atomic E-state index is 5.19. The van der Waals surface area contributed by atoms with Crippen LogP contribution in [0.2, 0.25) is 0 Å². The van der Waals surface area contributed by atoms with E-state index in [4.69, 9.17) is 4.74 Å². The minimum absolute atomic E-state index is 0.334. The van der Waals surface area contributed by atoms with Gasteiger partial charge >= 0.3 is 0 Å². The first kappa shape index (κ1) is 15.5. The molecule has 7 heteroatoms. The number of aromatic nitrogens is 4. The second-order valence-corrected chi connectivity index (χ2v) is 5.81. The minimum Gasteiger partial charge on any atom is -0.481 e. The van der Waals surface area contributed by atoms with Gasteiger partial charge in [0.05, 0.1) is 7.11 Å². The Bertz CT molecular complexity index is 647. The minimum atomic E-state index is 0.334. The molecule has 0 N–H and O–H groups in total. The van der Waals surface area contributed by atoms with Gasteiger partial charge in [0, 0.05) is 50.8 Å². The largest absolute Gasteiger partial charge is 0.481 e. The van der Waals surface area contributed by atoms with Gasteiger partial charge in [0.15, 0.2) is 0 Å². The third-order valence-corrected chi connectivity index (χ3v) is 4.14. The Balaban J connectivity index is 1.73. The number of likely N-dealkylation sites (N-methyl/N-ethyl adjacent to an activating group) is 1. The van der Waals surface area contributed by atoms with E-state index in [2.05, 4.69) is 29.7 Å². The highest BCUT2D eigenvalue weighted by molar-refractivity contribution is 5.37. The van der Waals surface area contributed by atoms with Crippen molar-refractivity contribution in [3.63, 3.8) is 0 Å². The van der Waals surface area contributed by atoms with Crippen LogP contribution in [0, 0.1) is 6.92 Å². The molecule has 0 spiro atoms. The maximum atomic E-state index is 5.19. The van der Waals surface area contributed by atoms with Crippen molar-refractivity contribution in [1.82, 2.24) is 19.9 Å². The molecule has 1 aliphatic rings. The fourth-order valence-corrected chi connectivity index (χ4v) is 2.78. The van der Waals surface area contributed by atoms with Gasteiger partial charge < -0.3 is 14.5 Å². The summed E-state index contributed by atoms with van der Waals surface area (Å²) in [6, 6.07) is 2.10. The highest BCUT2D eigenvalue weighted by Gasteiger charge is 2.26. The number of methoxy groups -OCH3 is 1. The second kappa shape index (κ2) is 6.76. The molecule has 2 aromatic rings. The van der Waals surface area contributed by atoms with Crippen LogP contribution in [-0.4, -0.2) is 53.2 Å². The first-order valence-corrected chi connectivity index (χ1v) is 7.81. The molecule has 1 unspecified atom stereocenters. The van der Waals surface area contributed by atoms with Crippen molar-refractivity contribution in [2.75, 3.05) is 37.0 Å². The summed E-state index contributed by atoms with van der Waals surface area (Å²) in [7, 11) is 3.67. The van der Waals surface area contributed by atoms with Crippen molar-refractivity contribution in [3.8, 4) is 5.88 Å². The quantitative estimate of drug-likeness (QED) is 0.850. The van der Waals surface area contributed by atoms with E-state index in [1.807, 2.05) is 26.4 Å². The third kappa shape index (κ3) is 3.49. The van der Waals surface area contributed by atoms with E-state index >= 15 is 0 Å². The summed E-state index contributed by atoms with van der Waals surface area (Å²) in [6.07, 6.45) is 7.63. The zero-order chi connectivity index (χ0) is 16.2. The summed E-state index contributed by atoms with van der Waals surface area (Å²) in [6.45, 7) is 3.79. The Morgan fingerprint density at radius 1 is 1.26 bits per heavy atom. The Labute approximate surface area is 136 Å². The second-order valence-electron chi connectivity index (χ2n) is 5.81. The van der Waals surface area contributed by atoms with E-state index in [1.54, 1.807) is 19.4 Å². The third-order valence-electron chi connectivity index (χ3n) is 4.14. The molecule has 0 saturated carbocycles. The van der Waals surface area contributed by atoms with Crippen LogP contribution in [0.1, 0.15) is 18.4 Å². The van der Waals surface area contributed by atoms with Crippen molar-refractivity contribution in [2.24, 2.45) is 0 Å². The molecule has 7 nitrogen and oxygen atoms in total. The molecule has 0 bridgehead atoms. The number of rotatable bonds is 4. The highest BCUT2D eigenvalue weighted by atomic mass is 16.5. The van der Waals surface area contributed by atoms with Crippen LogP contribution in [0.15, 0.2) is 24.7 Å². The average Bonchev–Trinajstić information content (AvgIpc) is 2.62. The zero-order valence-corrected chi connectivity index (χ0v) is 13.8. The molecule has 3 rings (SSSR count). The average molecular weight is 314 g/mol. The van der Waals surface area contributed by atoms with E-state index in [1.165, 1.54) is 0 Å². The van der Waals surface area contributed by atoms with Gasteiger partial charge in [-0.25, -0.2) is 15.0 Å². The van der Waals surface area contributed by atoms with Crippen LogP contribution in [0.25, 0.3) is 0 Å². The van der Waals surface area contributed by atoms with Crippen molar-refractivity contribution in [2.45, 2.75) is 25.8 Å². The SMILES string of the molecule is COc1ccnc(N2CCCC(N(C)c3ncc(C)cn3)C2)n1. The van der Waals surface area contributed by atoms with Gasteiger partial charge in [-0.2, -0.15) is 4.98 Å². The molecule has 1 saturated heterocycles. The number of nitrogens with zero attached hydrogens (tertiary/aromatic N) is 6. The molecule has 2 aromatic heterocycles. The Kier molecular flexibility index (Phi) is 4.55. The van der Waals surface area contributed by atoms with Crippen LogP contribution in [0.3, 0.4) is 0 Å². The summed E-state index contributed by atoms with van der Waals surface area (Å²) in [4.78, 5) is 22.0. The molecule has 1 fully saturated rings. The van der Waals surface area contributed by atoms with Crippen LogP contribution in [0.4, 0.5) is 11.9 Å². The molecule has 0 aliphatic carbocycles. The Hall–Kier alpha value is -2.44. The fraction of sp³-hybridized carbons (Fsp3) is 0.500. The van der Waals surface area contributed by atoms with Gasteiger partial charge in [0.2, 0.25) is 17.8 Å². The van der Waals surface area contributed by atoms with Gasteiger partial charge in [-0.05, 0) is 25.3 Å². The first-order valence-electron chi connectivity index (χ1n) is 7.81. The molecule has 0 aromatic carbocycles. The molecule has 0 radical (unpaired) electrons. The number of hydrogen-bond acceptors (Lipinski definition) is 7. The lowest BCUT2D eigenvalue weighted by atomic mass is 10.1. The molecule has 0 amide bonds. The maximum Gasteiger partial charge on any atom is 0.228 e. The van der Waals surface area contributed by atoms with Crippen LogP contribution in [-0.2, 0) is 0 Å². The van der Waals surface area contributed by atoms with Crippen molar-refractivity contribution in [1.29, 1.82) is 0 Å². The predicted molar refractivity (Wildman–Crippen MR) is 89.0 cm³/mol. The number of aryl methyl sites for hydroxylation is 1. The standard InChI is InChI=1S/C16H22N6O/c1-12-9-18-15(19-10-12)21(2)13-5-4-8-22(11-13)16-17-7-6-14(20-16)23-3/h6-7,9-10,13H,4-5,8,11H2,1-3H3. The molecular weight excluding hydrogens is 292 g/mol. The zero-order valence-electron chi connectivity index (χ0n) is 13.8. The fourth-order valence-electron chi connectivity index (χ4n) is 2.78. The van der Waals surface area contributed by atoms with Crippen molar-refractivity contribution < 1.29 is 4.74 Å². The number of ether oxygens (including phenoxy) is 1. The van der Waals surface area contributed by atoms with Crippen molar-refractivity contribution in [3.05, 3.63) is 30.2 Å². The van der Waals surface area contributed by atoms with E-state index in [9.17, 15) is 0 Å². The van der Waals surface area contributed by atoms with Gasteiger partial charge in [-0.3, -0.25) is 0 Å². The number of anilines is 2. The summed E-state index contributed by atoms with van der Waals surface area (Å²) < 4.78 is 5.19. The van der Waals surface area contributed by atoms with Crippen molar-refractivity contribution >= 4 is 11.9 Å². The topological polar surface area (TPSA) is 67.3 Å². The van der Waals surface area contributed by atoms with Gasteiger partial charge in [-0.15, -0.1) is 0 Å². The molecule has 1 atom stereocenters. The number of hydrogen-bond donors (Lipinski definition) is 0. The van der Waals surface area contributed by atoms with E-state index < -0.39 is 0 Å². The van der Waals surface area contributed by atoms with E-state index in [-0.39, 0.29) is 0 Å². The normalized spacial score (nSPS) is 17.9. The predicted octanol–water partition coefficient (Wildman–Crippen LogP) is 1.69. The lowest BCUT2D eigenvalue weighted by molar-refractivity contribution is 0.395. The van der Waals surface area contributed by atoms with Gasteiger partial charge in [0.1, 0.15) is 0 Å². The molecule has 23 heavy (non-hydrogen) atoms. The van der Waals surface area contributed by atoms with Crippen LogP contribution >= 0.6 is 0 Å². The smallest absolute Gasteiger partial charge is 0.228 e. The monoisotopic (exact) mass is 314 g/mol. The van der Waals surface area contributed by atoms with E-state index in [0.717, 1.165) is 37.4 Å².